The maximum atomic E-state index is 9.13. The van der Waals surface area contributed by atoms with Gasteiger partial charge in [-0.1, -0.05) is 25.5 Å². The van der Waals surface area contributed by atoms with Crippen molar-refractivity contribution in [2.45, 2.75) is 45.6 Å². The van der Waals surface area contributed by atoms with E-state index in [9.17, 15) is 0 Å². The zero-order valence-corrected chi connectivity index (χ0v) is 10.4. The van der Waals surface area contributed by atoms with Gasteiger partial charge in [-0.05, 0) is 43.9 Å². The number of hydrogen-bond acceptors (Lipinski definition) is 2. The lowest BCUT2D eigenvalue weighted by Crippen LogP contribution is -2.09. The molecule has 0 heterocycles. The smallest absolute Gasteiger partial charge is 0.0528 e. The van der Waals surface area contributed by atoms with Crippen LogP contribution in [0.1, 0.15) is 38.7 Å². The Morgan fingerprint density at radius 2 is 1.94 bits per heavy atom. The molecule has 0 aromatic heterocycles. The fourth-order valence-electron chi connectivity index (χ4n) is 1.60. The maximum absolute atomic E-state index is 9.13. The van der Waals surface area contributed by atoms with Crippen molar-refractivity contribution in [2.75, 3.05) is 11.9 Å². The highest BCUT2D eigenvalue weighted by atomic mass is 16.3. The van der Waals surface area contributed by atoms with Gasteiger partial charge in [0, 0.05) is 12.2 Å². The average molecular weight is 221 g/mol. The minimum absolute atomic E-state index is 0.226. The van der Waals surface area contributed by atoms with E-state index in [2.05, 4.69) is 36.5 Å². The van der Waals surface area contributed by atoms with Crippen LogP contribution < -0.4 is 5.32 Å². The maximum Gasteiger partial charge on any atom is 0.0528 e. The molecule has 0 aliphatic carbocycles. The lowest BCUT2D eigenvalue weighted by Gasteiger charge is -2.08. The predicted octanol–water partition coefficient (Wildman–Crippen LogP) is 3.21. The summed E-state index contributed by atoms with van der Waals surface area (Å²) in [6.45, 7) is 4.85. The lowest BCUT2D eigenvalue weighted by atomic mass is 10.1. The van der Waals surface area contributed by atoms with E-state index in [0.29, 0.717) is 0 Å². The van der Waals surface area contributed by atoms with Crippen LogP contribution in [0.25, 0.3) is 0 Å². The van der Waals surface area contributed by atoms with E-state index < -0.39 is 0 Å². The third kappa shape index (κ3) is 5.17. The summed E-state index contributed by atoms with van der Waals surface area (Å²) in [6.07, 6.45) is 4.24. The van der Waals surface area contributed by atoms with Crippen LogP contribution in [0.3, 0.4) is 0 Å². The largest absolute Gasteiger partial charge is 0.393 e. The van der Waals surface area contributed by atoms with E-state index in [1.165, 1.54) is 24.8 Å². The first kappa shape index (κ1) is 13.0. The van der Waals surface area contributed by atoms with E-state index in [0.717, 1.165) is 18.7 Å². The molecular formula is C14H23NO. The number of aliphatic hydroxyl groups excluding tert-OH is 1. The molecule has 0 saturated carbocycles. The zero-order chi connectivity index (χ0) is 11.8. The van der Waals surface area contributed by atoms with Crippen molar-refractivity contribution in [3.63, 3.8) is 0 Å². The second-order valence-corrected chi connectivity index (χ2v) is 4.36. The summed E-state index contributed by atoms with van der Waals surface area (Å²) < 4.78 is 0. The number of rotatable bonds is 7. The van der Waals surface area contributed by atoms with Crippen LogP contribution in [-0.4, -0.2) is 17.8 Å². The fourth-order valence-corrected chi connectivity index (χ4v) is 1.60. The molecule has 1 atom stereocenters. The summed E-state index contributed by atoms with van der Waals surface area (Å²) in [5.74, 6) is 0. The Bertz CT molecular complexity index is 279. The summed E-state index contributed by atoms with van der Waals surface area (Å²) in [4.78, 5) is 0. The molecule has 0 aliphatic rings. The molecule has 1 aromatic carbocycles. The van der Waals surface area contributed by atoms with Gasteiger partial charge in [0.15, 0.2) is 0 Å². The highest BCUT2D eigenvalue weighted by Gasteiger charge is 1.96. The summed E-state index contributed by atoms with van der Waals surface area (Å²) in [7, 11) is 0. The third-order valence-electron chi connectivity index (χ3n) is 2.66. The Kier molecular flexibility index (Phi) is 5.94. The van der Waals surface area contributed by atoms with E-state index >= 15 is 0 Å². The van der Waals surface area contributed by atoms with Crippen LogP contribution in [0.5, 0.6) is 0 Å². The molecule has 1 aromatic rings. The summed E-state index contributed by atoms with van der Waals surface area (Å²) in [6, 6.07) is 8.60. The quantitative estimate of drug-likeness (QED) is 0.741. The van der Waals surface area contributed by atoms with Gasteiger partial charge in [-0.15, -0.1) is 0 Å². The van der Waals surface area contributed by atoms with Crippen LogP contribution in [0.15, 0.2) is 24.3 Å². The first-order valence-corrected chi connectivity index (χ1v) is 6.23. The van der Waals surface area contributed by atoms with Gasteiger partial charge in [0.25, 0.3) is 0 Å². The molecule has 16 heavy (non-hydrogen) atoms. The Hall–Kier alpha value is -1.02. The Balaban J connectivity index is 2.33. The minimum atomic E-state index is -0.226. The number of aryl methyl sites for hydroxylation is 1. The first-order valence-electron chi connectivity index (χ1n) is 6.23. The van der Waals surface area contributed by atoms with Crippen molar-refractivity contribution in [1.29, 1.82) is 0 Å². The summed E-state index contributed by atoms with van der Waals surface area (Å²) in [5.41, 5.74) is 2.55. The van der Waals surface area contributed by atoms with Gasteiger partial charge < -0.3 is 10.4 Å². The van der Waals surface area contributed by atoms with Crippen LogP contribution in [-0.2, 0) is 6.42 Å². The molecular weight excluding hydrogens is 198 g/mol. The van der Waals surface area contributed by atoms with Gasteiger partial charge in [0.2, 0.25) is 0 Å². The van der Waals surface area contributed by atoms with Gasteiger partial charge in [-0.25, -0.2) is 0 Å². The normalized spacial score (nSPS) is 12.4. The summed E-state index contributed by atoms with van der Waals surface area (Å²) >= 11 is 0. The van der Waals surface area contributed by atoms with E-state index in [4.69, 9.17) is 5.11 Å². The topological polar surface area (TPSA) is 32.3 Å². The Morgan fingerprint density at radius 1 is 1.25 bits per heavy atom. The number of hydrogen-bond donors (Lipinski definition) is 2. The van der Waals surface area contributed by atoms with Crippen LogP contribution >= 0.6 is 0 Å². The van der Waals surface area contributed by atoms with Crippen LogP contribution in [0, 0.1) is 0 Å². The number of unbranched alkanes of at least 4 members (excludes halogenated alkanes) is 1. The number of aliphatic hydroxyl groups is 1. The highest BCUT2D eigenvalue weighted by molar-refractivity contribution is 5.44. The number of anilines is 1. The summed E-state index contributed by atoms with van der Waals surface area (Å²) in [5, 5.41) is 12.4. The molecule has 90 valence electrons. The highest BCUT2D eigenvalue weighted by Crippen LogP contribution is 2.11. The van der Waals surface area contributed by atoms with Gasteiger partial charge in [-0.3, -0.25) is 0 Å². The van der Waals surface area contributed by atoms with Crippen molar-refractivity contribution in [1.82, 2.24) is 0 Å². The van der Waals surface area contributed by atoms with Crippen molar-refractivity contribution in [3.8, 4) is 0 Å². The zero-order valence-electron chi connectivity index (χ0n) is 10.4. The minimum Gasteiger partial charge on any atom is -0.393 e. The number of nitrogens with one attached hydrogen (secondary N) is 1. The molecule has 0 amide bonds. The number of benzene rings is 1. The molecule has 1 unspecified atom stereocenters. The average Bonchev–Trinajstić information content (AvgIpc) is 2.27. The molecule has 2 heteroatoms. The molecule has 1 rings (SSSR count). The molecule has 2 N–H and O–H groups in total. The van der Waals surface area contributed by atoms with Gasteiger partial charge in [0.1, 0.15) is 0 Å². The lowest BCUT2D eigenvalue weighted by molar-refractivity contribution is 0.189. The third-order valence-corrected chi connectivity index (χ3v) is 2.66. The van der Waals surface area contributed by atoms with Crippen molar-refractivity contribution in [2.24, 2.45) is 0 Å². The predicted molar refractivity (Wildman–Crippen MR) is 69.8 cm³/mol. The Labute approximate surface area is 98.7 Å². The SMILES string of the molecule is CCCCc1ccc(NCCC(C)O)cc1. The van der Waals surface area contributed by atoms with E-state index in [-0.39, 0.29) is 6.10 Å². The van der Waals surface area contributed by atoms with Crippen LogP contribution in [0.2, 0.25) is 0 Å². The molecule has 2 nitrogen and oxygen atoms in total. The standard InChI is InChI=1S/C14H23NO/c1-3-4-5-13-6-8-14(9-7-13)15-11-10-12(2)16/h6-9,12,15-16H,3-5,10-11H2,1-2H3. The van der Waals surface area contributed by atoms with E-state index in [1.807, 2.05) is 6.92 Å². The Morgan fingerprint density at radius 3 is 2.50 bits per heavy atom. The molecule has 0 radical (unpaired) electrons. The second-order valence-electron chi connectivity index (χ2n) is 4.36. The van der Waals surface area contributed by atoms with Crippen molar-refractivity contribution in [3.05, 3.63) is 29.8 Å². The van der Waals surface area contributed by atoms with E-state index in [1.54, 1.807) is 0 Å². The van der Waals surface area contributed by atoms with Crippen molar-refractivity contribution < 1.29 is 5.11 Å². The molecule has 0 spiro atoms. The van der Waals surface area contributed by atoms with Gasteiger partial charge >= 0.3 is 0 Å². The molecule has 0 aliphatic heterocycles. The first-order chi connectivity index (χ1) is 7.72. The molecule has 0 saturated heterocycles. The van der Waals surface area contributed by atoms with Crippen molar-refractivity contribution >= 4 is 5.69 Å². The monoisotopic (exact) mass is 221 g/mol. The molecule has 0 bridgehead atoms. The molecule has 0 fully saturated rings. The van der Waals surface area contributed by atoms with Gasteiger partial charge in [0.05, 0.1) is 6.10 Å². The second kappa shape index (κ2) is 7.29. The van der Waals surface area contributed by atoms with Crippen LogP contribution in [0.4, 0.5) is 5.69 Å². The van der Waals surface area contributed by atoms with Gasteiger partial charge in [-0.2, -0.15) is 0 Å². The fraction of sp³-hybridized carbons (Fsp3) is 0.571.